The molecule has 0 radical (unpaired) electrons. The Morgan fingerprint density at radius 3 is 2.38 bits per heavy atom. The third-order valence-electron chi connectivity index (χ3n) is 8.19. The van der Waals surface area contributed by atoms with Gasteiger partial charge in [-0.15, -0.1) is 23.1 Å². The first-order valence-corrected chi connectivity index (χ1v) is 19.8. The normalized spacial score (nSPS) is 13.3. The van der Waals surface area contributed by atoms with Gasteiger partial charge in [0.05, 0.1) is 24.0 Å². The summed E-state index contributed by atoms with van der Waals surface area (Å²) in [7, 11) is 0. The monoisotopic (exact) mass is 802 g/mol. The second-order valence-electron chi connectivity index (χ2n) is 13.5. The molecule has 14 heteroatoms. The maximum Gasteiger partial charge on any atom is 0.410 e. The number of thioether (sulfide) groups is 1. The van der Waals surface area contributed by atoms with Gasteiger partial charge in [0, 0.05) is 32.6 Å². The zero-order valence-electron chi connectivity index (χ0n) is 31.2. The van der Waals surface area contributed by atoms with Gasteiger partial charge in [-0.05, 0) is 94.1 Å². The number of hydrogen-bond donors (Lipinski definition) is 3. The Bertz CT molecular complexity index is 2100. The molecule has 1 aromatic heterocycles. The number of carbonyl (C=O) groups excluding carboxylic acids is 5. The largest absolute Gasteiger partial charge is 0.462 e. The van der Waals surface area contributed by atoms with E-state index < -0.39 is 34.7 Å². The van der Waals surface area contributed by atoms with Crippen molar-refractivity contribution in [1.29, 1.82) is 0 Å². The first-order chi connectivity index (χ1) is 26.3. The Morgan fingerprint density at radius 2 is 1.69 bits per heavy atom. The van der Waals surface area contributed by atoms with Gasteiger partial charge in [-0.25, -0.2) is 9.59 Å². The lowest BCUT2D eigenvalue weighted by atomic mass is 10.0. The second kappa shape index (κ2) is 18.5. The van der Waals surface area contributed by atoms with E-state index in [-0.39, 0.29) is 24.8 Å². The zero-order valence-corrected chi connectivity index (χ0v) is 33.6. The smallest absolute Gasteiger partial charge is 0.410 e. The molecule has 11 nitrogen and oxygen atoms in total. The topological polar surface area (TPSA) is 143 Å². The number of nitrogens with zero attached hydrogens (tertiary/aromatic N) is 1. The van der Waals surface area contributed by atoms with Crippen molar-refractivity contribution in [2.75, 3.05) is 23.8 Å². The number of carbonyl (C=O) groups is 5. The van der Waals surface area contributed by atoms with Crippen LogP contribution in [0.4, 0.5) is 15.5 Å². The first kappa shape index (κ1) is 41.1. The lowest BCUT2D eigenvalue weighted by molar-refractivity contribution is -0.116. The van der Waals surface area contributed by atoms with E-state index in [1.165, 1.54) is 29.2 Å². The number of thiophene rings is 1. The molecule has 1 atom stereocenters. The third kappa shape index (κ3) is 11.0. The van der Waals surface area contributed by atoms with Crippen molar-refractivity contribution in [2.24, 2.45) is 0 Å². The van der Waals surface area contributed by atoms with Gasteiger partial charge in [0.25, 0.3) is 11.8 Å². The predicted molar refractivity (Wildman–Crippen MR) is 218 cm³/mol. The summed E-state index contributed by atoms with van der Waals surface area (Å²) in [6.07, 6.45) is 1.93. The minimum Gasteiger partial charge on any atom is -0.462 e. The van der Waals surface area contributed by atoms with E-state index in [2.05, 4.69) is 16.0 Å². The summed E-state index contributed by atoms with van der Waals surface area (Å²) in [5, 5.41) is 8.75. The van der Waals surface area contributed by atoms with Crippen LogP contribution in [-0.4, -0.2) is 58.7 Å². The van der Waals surface area contributed by atoms with Crippen LogP contribution in [0.25, 0.3) is 6.08 Å². The number of esters is 1. The minimum atomic E-state index is -0.655. The summed E-state index contributed by atoms with van der Waals surface area (Å²) in [4.78, 5) is 69.6. The summed E-state index contributed by atoms with van der Waals surface area (Å²) >= 11 is 8.93. The molecule has 3 N–H and O–H groups in total. The average molecular weight is 803 g/mol. The maximum atomic E-state index is 13.8. The second-order valence-corrected chi connectivity index (χ2v) is 16.3. The number of fused-ring (bicyclic) bond motifs is 1. The number of hydrogen-bond acceptors (Lipinski definition) is 9. The van der Waals surface area contributed by atoms with Crippen LogP contribution in [0.3, 0.4) is 0 Å². The SMILES string of the molecule is CCOC(=O)c1c(NC(=O)C(CC)Sc2cccc(NC(=O)/C(=C\c3ccccc3Cl)NC(=O)c3ccccc3)c2)sc2c1CCN(C(=O)OC(C)(C)C)C2. The van der Waals surface area contributed by atoms with E-state index in [1.54, 1.807) is 105 Å². The molecule has 4 amide bonds. The summed E-state index contributed by atoms with van der Waals surface area (Å²) in [5.74, 6) is -1.89. The Morgan fingerprint density at radius 1 is 0.964 bits per heavy atom. The number of halogens is 1. The Balaban J connectivity index is 1.32. The number of amides is 4. The fourth-order valence-electron chi connectivity index (χ4n) is 5.61. The number of anilines is 2. The molecular weight excluding hydrogens is 760 g/mol. The highest BCUT2D eigenvalue weighted by Gasteiger charge is 2.33. The van der Waals surface area contributed by atoms with Crippen LogP contribution in [0.1, 0.15) is 77.8 Å². The van der Waals surface area contributed by atoms with Crippen molar-refractivity contribution in [2.45, 2.75) is 69.8 Å². The van der Waals surface area contributed by atoms with Crippen molar-refractivity contribution in [1.82, 2.24) is 10.2 Å². The quantitative estimate of drug-likeness (QED) is 0.0733. The van der Waals surface area contributed by atoms with E-state index in [9.17, 15) is 24.0 Å². The molecule has 55 heavy (non-hydrogen) atoms. The first-order valence-electron chi connectivity index (χ1n) is 17.8. The van der Waals surface area contributed by atoms with E-state index >= 15 is 0 Å². The van der Waals surface area contributed by atoms with Crippen molar-refractivity contribution >= 4 is 81.2 Å². The number of rotatable bonds is 12. The summed E-state index contributed by atoms with van der Waals surface area (Å²) < 4.78 is 10.9. The van der Waals surface area contributed by atoms with Gasteiger partial charge in [-0.2, -0.15) is 0 Å². The van der Waals surface area contributed by atoms with Crippen LogP contribution in [0.15, 0.2) is 89.5 Å². The van der Waals surface area contributed by atoms with E-state index in [1.807, 2.05) is 13.0 Å². The third-order valence-corrected chi connectivity index (χ3v) is 11.0. The molecule has 0 fully saturated rings. The molecule has 0 spiro atoms. The lowest BCUT2D eigenvalue weighted by Gasteiger charge is -2.30. The van der Waals surface area contributed by atoms with E-state index in [4.69, 9.17) is 21.1 Å². The highest BCUT2D eigenvalue weighted by atomic mass is 35.5. The van der Waals surface area contributed by atoms with Gasteiger partial charge in [-0.3, -0.25) is 14.4 Å². The average Bonchev–Trinajstić information content (AvgIpc) is 3.51. The van der Waals surface area contributed by atoms with E-state index in [0.29, 0.717) is 56.7 Å². The molecule has 5 rings (SSSR count). The molecule has 0 bridgehead atoms. The van der Waals surface area contributed by atoms with Crippen molar-refractivity contribution in [3.8, 4) is 0 Å². The van der Waals surface area contributed by atoms with Crippen LogP contribution in [0, 0.1) is 0 Å². The van der Waals surface area contributed by atoms with Crippen molar-refractivity contribution in [3.05, 3.63) is 117 Å². The fraction of sp³-hybridized carbons (Fsp3) is 0.293. The Hall–Kier alpha value is -5.11. The number of nitrogens with one attached hydrogen (secondary N) is 3. The molecule has 288 valence electrons. The van der Waals surface area contributed by atoms with Gasteiger partial charge in [0.15, 0.2) is 0 Å². The Labute approximate surface area is 333 Å². The van der Waals surface area contributed by atoms with Gasteiger partial charge in [0.1, 0.15) is 16.3 Å². The zero-order chi connectivity index (χ0) is 39.7. The molecule has 1 aliphatic rings. The highest BCUT2D eigenvalue weighted by molar-refractivity contribution is 8.00. The van der Waals surface area contributed by atoms with Gasteiger partial charge in [0.2, 0.25) is 5.91 Å². The predicted octanol–water partition coefficient (Wildman–Crippen LogP) is 8.79. The molecule has 0 saturated heterocycles. The van der Waals surface area contributed by atoms with Crippen LogP contribution < -0.4 is 16.0 Å². The van der Waals surface area contributed by atoms with Crippen LogP contribution in [0.5, 0.6) is 0 Å². The molecule has 3 aromatic carbocycles. The molecule has 4 aromatic rings. The fourth-order valence-corrected chi connectivity index (χ4v) is 8.07. The molecule has 0 aliphatic carbocycles. The molecule has 1 unspecified atom stereocenters. The number of benzene rings is 3. The molecule has 2 heterocycles. The molecule has 1 aliphatic heterocycles. The van der Waals surface area contributed by atoms with Crippen LogP contribution in [-0.2, 0) is 32.0 Å². The summed E-state index contributed by atoms with van der Waals surface area (Å²) in [6.45, 7) is 9.78. The van der Waals surface area contributed by atoms with Crippen LogP contribution in [0.2, 0.25) is 5.02 Å². The van der Waals surface area contributed by atoms with E-state index in [0.717, 1.165) is 10.4 Å². The molecule has 0 saturated carbocycles. The van der Waals surface area contributed by atoms with Crippen molar-refractivity contribution < 1.29 is 33.4 Å². The highest BCUT2D eigenvalue weighted by Crippen LogP contribution is 2.39. The minimum absolute atomic E-state index is 0.0175. The van der Waals surface area contributed by atoms with Crippen LogP contribution >= 0.6 is 34.7 Å². The van der Waals surface area contributed by atoms with Gasteiger partial charge < -0.3 is 30.3 Å². The lowest BCUT2D eigenvalue weighted by Crippen LogP contribution is -2.39. The Kier molecular flexibility index (Phi) is 13.8. The summed E-state index contributed by atoms with van der Waals surface area (Å²) in [5.41, 5.74) is 1.75. The summed E-state index contributed by atoms with van der Waals surface area (Å²) in [6, 6.07) is 22.5. The maximum absolute atomic E-state index is 13.8. The van der Waals surface area contributed by atoms with Gasteiger partial charge in [-0.1, -0.05) is 61.0 Å². The van der Waals surface area contributed by atoms with Crippen molar-refractivity contribution in [3.63, 3.8) is 0 Å². The van der Waals surface area contributed by atoms with Gasteiger partial charge >= 0.3 is 12.1 Å². The number of ether oxygens (including phenoxy) is 2. The standard InChI is InChI=1S/C41H43ClN4O7S2/c1-6-32(37(49)45-38-34(39(50)52-7-2)29-20-21-46(24-33(29)55-38)40(51)53-41(3,4)5)54-28-18-13-17-27(23-28)43-36(48)31(22-26-16-11-12-19-30(26)42)44-35(47)25-14-9-8-10-15-25/h8-19,22-23,32H,6-7,20-21,24H2,1-5H3,(H,43,48)(H,44,47)(H,45,49)/b31-22+. The molecular formula is C41H43ClN4O7S2.